The lowest BCUT2D eigenvalue weighted by molar-refractivity contribution is -0.118. The molecule has 1 spiro atoms. The van der Waals surface area contributed by atoms with Crippen molar-refractivity contribution in [1.82, 2.24) is 9.78 Å². The number of ether oxygens (including phenoxy) is 2. The number of aromatic nitrogens is 2. The number of halogens is 1. The minimum absolute atomic E-state index is 0.111. The number of amides is 2. The van der Waals surface area contributed by atoms with Crippen molar-refractivity contribution in [3.05, 3.63) is 71.8 Å². The molecule has 10 heteroatoms. The third-order valence-electron chi connectivity index (χ3n) is 7.41. The van der Waals surface area contributed by atoms with E-state index in [0.29, 0.717) is 24.9 Å². The van der Waals surface area contributed by atoms with E-state index in [4.69, 9.17) is 15.2 Å². The maximum Gasteiger partial charge on any atom is 0.339 e. The fraction of sp³-hybridized carbons (Fsp3) is 0.393. The van der Waals surface area contributed by atoms with Crippen LogP contribution < -0.4 is 20.3 Å². The molecule has 2 aromatic carbocycles. The molecule has 3 aromatic rings. The Hall–Kier alpha value is -3.92. The van der Waals surface area contributed by atoms with E-state index in [9.17, 15) is 14.0 Å². The van der Waals surface area contributed by atoms with Gasteiger partial charge in [-0.1, -0.05) is 12.1 Å². The first-order valence-electron chi connectivity index (χ1n) is 12.8. The first-order chi connectivity index (χ1) is 18.3. The van der Waals surface area contributed by atoms with Gasteiger partial charge in [-0.2, -0.15) is 9.78 Å². The Bertz CT molecular complexity index is 1290. The van der Waals surface area contributed by atoms with E-state index in [1.807, 2.05) is 13.1 Å². The highest BCUT2D eigenvalue weighted by molar-refractivity contribution is 5.95. The molecule has 0 aliphatic carbocycles. The highest BCUT2D eigenvalue weighted by atomic mass is 19.1. The molecule has 9 nitrogen and oxygen atoms in total. The molecule has 3 aliphatic heterocycles. The maximum absolute atomic E-state index is 12.7. The predicted octanol–water partition coefficient (Wildman–Crippen LogP) is 3.59. The Labute approximate surface area is 220 Å². The van der Waals surface area contributed by atoms with Crippen LogP contribution in [0.2, 0.25) is 0 Å². The largest absolute Gasteiger partial charge is 0.491 e. The zero-order valence-corrected chi connectivity index (χ0v) is 21.4. The molecule has 2 N–H and O–H groups in total. The number of anilines is 2. The number of nitrogens with zero attached hydrogens (tertiary/aromatic N) is 4. The van der Waals surface area contributed by atoms with Crippen molar-refractivity contribution in [2.24, 2.45) is 11.1 Å². The number of hydrogen-bond acceptors (Lipinski definition) is 6. The predicted molar refractivity (Wildman–Crippen MR) is 141 cm³/mol. The second-order valence-electron chi connectivity index (χ2n) is 10.1. The van der Waals surface area contributed by atoms with E-state index in [1.165, 1.54) is 17.8 Å². The molecule has 1 aromatic heterocycles. The highest BCUT2D eigenvalue weighted by Gasteiger charge is 2.44. The number of fused-ring (bicyclic) bond motifs is 1. The number of carbonyl (C=O) groups excluding carboxylic acids is 2. The van der Waals surface area contributed by atoms with Gasteiger partial charge >= 0.3 is 6.03 Å². The van der Waals surface area contributed by atoms with E-state index in [2.05, 4.69) is 22.1 Å². The first-order valence-corrected chi connectivity index (χ1v) is 12.8. The molecule has 0 atom stereocenters. The van der Waals surface area contributed by atoms with E-state index >= 15 is 0 Å². The molecule has 6 rings (SSSR count). The van der Waals surface area contributed by atoms with Crippen LogP contribution in [0.3, 0.4) is 0 Å². The minimum Gasteiger partial charge on any atom is -0.491 e. The summed E-state index contributed by atoms with van der Waals surface area (Å²) in [6.45, 7) is 4.43. The zero-order valence-electron chi connectivity index (χ0n) is 21.4. The van der Waals surface area contributed by atoms with Crippen molar-refractivity contribution < 1.29 is 23.5 Å². The van der Waals surface area contributed by atoms with Gasteiger partial charge in [-0.3, -0.25) is 4.79 Å². The molecule has 0 bridgehead atoms. The van der Waals surface area contributed by atoms with Gasteiger partial charge in [0.2, 0.25) is 5.91 Å². The molecular weight excluding hydrogens is 489 g/mol. The topological polar surface area (TPSA) is 103 Å². The lowest BCUT2D eigenvalue weighted by Gasteiger charge is -2.53. The summed E-state index contributed by atoms with van der Waals surface area (Å²) in [5.74, 6) is 0.649. The van der Waals surface area contributed by atoms with Gasteiger partial charge < -0.3 is 25.0 Å². The van der Waals surface area contributed by atoms with Crippen LogP contribution in [0.5, 0.6) is 5.75 Å². The van der Waals surface area contributed by atoms with Crippen LogP contribution in [-0.2, 0) is 16.0 Å². The van der Waals surface area contributed by atoms with E-state index < -0.39 is 6.03 Å². The van der Waals surface area contributed by atoms with E-state index in [0.717, 1.165) is 66.4 Å². The summed E-state index contributed by atoms with van der Waals surface area (Å²) in [7, 11) is 1.83. The molecule has 2 saturated heterocycles. The van der Waals surface area contributed by atoms with Crippen molar-refractivity contribution in [3.63, 3.8) is 0 Å². The van der Waals surface area contributed by atoms with Gasteiger partial charge in [-0.25, -0.2) is 9.18 Å². The van der Waals surface area contributed by atoms with Crippen LogP contribution in [0.15, 0.2) is 54.9 Å². The fourth-order valence-electron chi connectivity index (χ4n) is 5.11. The Morgan fingerprint density at radius 2 is 1.82 bits per heavy atom. The van der Waals surface area contributed by atoms with Crippen molar-refractivity contribution in [2.75, 3.05) is 49.8 Å². The summed E-state index contributed by atoms with van der Waals surface area (Å²) in [6.07, 6.45) is 6.48. The Balaban J connectivity index is 0.000000163. The average molecular weight is 522 g/mol. The Kier molecular flexibility index (Phi) is 7.33. The normalized spacial score (nSPS) is 18.0. The lowest BCUT2D eigenvalue weighted by Crippen LogP contribution is -2.58. The lowest BCUT2D eigenvalue weighted by atomic mass is 9.73. The summed E-state index contributed by atoms with van der Waals surface area (Å²) in [6, 6.07) is 11.7. The standard InChI is InChI=1S/C17H22N2O3.C11H10FN3O/c1-18-14-10-13(2-3-15(14)22-7-4-16(18)20)19-11-17(12-19)5-8-21-9-6-17;12-10-3-1-8(2-4-10)5-9-6-14-15(7-9)11(13)16/h2-3,10H,4-9,11-12H2,1H3;1-4,6-7H,5H2,(H2,13,16). The maximum atomic E-state index is 12.7. The molecule has 0 unspecified atom stereocenters. The molecular formula is C28H32FN5O4. The molecule has 2 fully saturated rings. The second kappa shape index (κ2) is 10.8. The molecule has 2 amide bonds. The summed E-state index contributed by atoms with van der Waals surface area (Å²) in [4.78, 5) is 26.9. The quantitative estimate of drug-likeness (QED) is 0.565. The van der Waals surface area contributed by atoms with Crippen molar-refractivity contribution in [1.29, 1.82) is 0 Å². The highest BCUT2D eigenvalue weighted by Crippen LogP contribution is 2.44. The third-order valence-corrected chi connectivity index (χ3v) is 7.41. The monoisotopic (exact) mass is 521 g/mol. The van der Waals surface area contributed by atoms with Crippen LogP contribution in [0, 0.1) is 11.2 Å². The molecule has 0 saturated carbocycles. The number of carbonyl (C=O) groups is 2. The number of primary amides is 1. The van der Waals surface area contributed by atoms with Gasteiger partial charge in [-0.05, 0) is 54.3 Å². The van der Waals surface area contributed by atoms with Gasteiger partial charge in [0.05, 0.1) is 24.9 Å². The van der Waals surface area contributed by atoms with E-state index in [-0.39, 0.29) is 11.7 Å². The molecule has 3 aliphatic rings. The van der Waals surface area contributed by atoms with Crippen LogP contribution in [0.25, 0.3) is 0 Å². The van der Waals surface area contributed by atoms with Crippen molar-refractivity contribution >= 4 is 23.3 Å². The summed E-state index contributed by atoms with van der Waals surface area (Å²) < 4.78 is 24.9. The van der Waals surface area contributed by atoms with Gasteiger partial charge in [-0.15, -0.1) is 0 Å². The van der Waals surface area contributed by atoms with E-state index in [1.54, 1.807) is 29.4 Å². The van der Waals surface area contributed by atoms with Gasteiger partial charge in [0.25, 0.3) is 0 Å². The smallest absolute Gasteiger partial charge is 0.339 e. The van der Waals surface area contributed by atoms with Crippen molar-refractivity contribution in [2.45, 2.75) is 25.7 Å². The van der Waals surface area contributed by atoms with Gasteiger partial charge in [0, 0.05) is 57.1 Å². The molecule has 200 valence electrons. The average Bonchev–Trinajstić information content (AvgIpc) is 3.33. The van der Waals surface area contributed by atoms with Crippen LogP contribution in [0.4, 0.5) is 20.6 Å². The Morgan fingerprint density at radius 3 is 2.50 bits per heavy atom. The van der Waals surface area contributed by atoms with Gasteiger partial charge in [0.1, 0.15) is 11.6 Å². The van der Waals surface area contributed by atoms with Crippen LogP contribution in [0.1, 0.15) is 30.4 Å². The fourth-order valence-corrected chi connectivity index (χ4v) is 5.11. The number of hydrogen-bond donors (Lipinski definition) is 1. The number of rotatable bonds is 3. The summed E-state index contributed by atoms with van der Waals surface area (Å²) in [5, 5.41) is 3.80. The molecule has 0 radical (unpaired) electrons. The summed E-state index contributed by atoms with van der Waals surface area (Å²) in [5.41, 5.74) is 9.37. The zero-order chi connectivity index (χ0) is 26.7. The third kappa shape index (κ3) is 5.65. The number of benzene rings is 2. The second-order valence-corrected chi connectivity index (χ2v) is 10.1. The molecule has 4 heterocycles. The summed E-state index contributed by atoms with van der Waals surface area (Å²) >= 11 is 0. The van der Waals surface area contributed by atoms with Crippen LogP contribution in [-0.4, -0.2) is 61.7 Å². The number of nitrogens with two attached hydrogens (primary N) is 1. The van der Waals surface area contributed by atoms with Crippen LogP contribution >= 0.6 is 0 Å². The molecule has 38 heavy (non-hydrogen) atoms. The first kappa shape index (κ1) is 25.7. The van der Waals surface area contributed by atoms with Gasteiger partial charge in [0.15, 0.2) is 0 Å². The van der Waals surface area contributed by atoms with Crippen molar-refractivity contribution in [3.8, 4) is 5.75 Å². The SMILES string of the molecule is CN1C(=O)CCOc2ccc(N3CC4(CCOCC4)C3)cc21.NC(=O)n1cc(Cc2ccc(F)cc2)cn1. The minimum atomic E-state index is -0.620. The Morgan fingerprint density at radius 1 is 1.08 bits per heavy atom.